The molecule has 0 aliphatic heterocycles. The number of carbonyl (C=O) groups is 1. The second kappa shape index (κ2) is 3.80. The third-order valence-corrected chi connectivity index (χ3v) is 3.47. The number of aliphatic hydroxyl groups is 1. The molecule has 17 heavy (non-hydrogen) atoms. The molecule has 2 saturated carbocycles. The first-order valence-corrected chi connectivity index (χ1v) is 6.01. The maximum atomic E-state index is 11.0. The van der Waals surface area contributed by atoms with E-state index in [1.807, 2.05) is 0 Å². The zero-order valence-electron chi connectivity index (χ0n) is 9.41. The Bertz CT molecular complexity index is 449. The first-order valence-electron chi connectivity index (χ1n) is 6.01. The van der Waals surface area contributed by atoms with E-state index in [9.17, 15) is 9.90 Å². The van der Waals surface area contributed by atoms with Gasteiger partial charge in [0.25, 0.3) is 0 Å². The van der Waals surface area contributed by atoms with Gasteiger partial charge in [-0.3, -0.25) is 0 Å². The van der Waals surface area contributed by atoms with Crippen LogP contribution in [0.1, 0.15) is 47.8 Å². The molecule has 6 heteroatoms. The summed E-state index contributed by atoms with van der Waals surface area (Å²) in [5, 5.41) is 26.5. The Morgan fingerprint density at radius 1 is 1.41 bits per heavy atom. The molecule has 1 atom stereocenters. The summed E-state index contributed by atoms with van der Waals surface area (Å²) in [6, 6.07) is 0. The van der Waals surface area contributed by atoms with Crippen LogP contribution in [0.2, 0.25) is 0 Å². The van der Waals surface area contributed by atoms with Crippen molar-refractivity contribution < 1.29 is 15.0 Å². The van der Waals surface area contributed by atoms with Crippen LogP contribution in [-0.2, 0) is 6.54 Å². The molecule has 2 fully saturated rings. The van der Waals surface area contributed by atoms with Crippen LogP contribution in [0, 0.1) is 5.92 Å². The zero-order chi connectivity index (χ0) is 12.0. The highest BCUT2D eigenvalue weighted by Crippen LogP contribution is 2.41. The molecule has 0 radical (unpaired) electrons. The maximum absolute atomic E-state index is 11.0. The lowest BCUT2D eigenvalue weighted by atomic mass is 10.2. The van der Waals surface area contributed by atoms with Crippen molar-refractivity contribution in [3.8, 4) is 0 Å². The van der Waals surface area contributed by atoms with Crippen molar-refractivity contribution in [2.24, 2.45) is 5.92 Å². The number of aromatic nitrogens is 3. The van der Waals surface area contributed by atoms with Crippen molar-refractivity contribution >= 4 is 5.97 Å². The van der Waals surface area contributed by atoms with Gasteiger partial charge in [0.15, 0.2) is 5.69 Å². The number of aromatic carboxylic acids is 1. The van der Waals surface area contributed by atoms with E-state index >= 15 is 0 Å². The molecule has 3 rings (SSSR count). The molecule has 2 aliphatic rings. The molecule has 1 unspecified atom stereocenters. The van der Waals surface area contributed by atoms with Gasteiger partial charge in [0.05, 0.1) is 18.3 Å². The minimum Gasteiger partial charge on any atom is -0.476 e. The minimum atomic E-state index is -1.03. The van der Waals surface area contributed by atoms with Crippen LogP contribution >= 0.6 is 0 Å². The number of hydrogen-bond donors (Lipinski definition) is 2. The average molecular weight is 237 g/mol. The summed E-state index contributed by atoms with van der Waals surface area (Å²) in [4.78, 5) is 11.0. The summed E-state index contributed by atoms with van der Waals surface area (Å²) in [7, 11) is 0. The summed E-state index contributed by atoms with van der Waals surface area (Å²) >= 11 is 0. The Labute approximate surface area is 98.2 Å². The highest BCUT2D eigenvalue weighted by molar-refractivity contribution is 5.86. The molecule has 6 nitrogen and oxygen atoms in total. The molecule has 2 N–H and O–H groups in total. The molecule has 0 spiro atoms. The Kier molecular flexibility index (Phi) is 2.39. The summed E-state index contributed by atoms with van der Waals surface area (Å²) in [5.41, 5.74) is 0.743. The second-order valence-electron chi connectivity index (χ2n) is 4.99. The van der Waals surface area contributed by atoms with Crippen LogP contribution in [0.4, 0.5) is 0 Å². The maximum Gasteiger partial charge on any atom is 0.358 e. The Morgan fingerprint density at radius 3 is 2.65 bits per heavy atom. The van der Waals surface area contributed by atoms with Crippen molar-refractivity contribution in [2.75, 3.05) is 0 Å². The lowest BCUT2D eigenvalue weighted by Crippen LogP contribution is -2.20. The fraction of sp³-hybridized carbons (Fsp3) is 0.727. The Morgan fingerprint density at radius 2 is 2.12 bits per heavy atom. The largest absolute Gasteiger partial charge is 0.476 e. The number of carboxylic acid groups (broad SMARTS) is 1. The number of nitrogens with zero attached hydrogens (tertiary/aromatic N) is 3. The van der Waals surface area contributed by atoms with Gasteiger partial charge in [-0.25, -0.2) is 9.48 Å². The molecule has 1 heterocycles. The summed E-state index contributed by atoms with van der Waals surface area (Å²) in [5.74, 6) is -0.402. The van der Waals surface area contributed by atoms with E-state index in [0.717, 1.165) is 25.7 Å². The molecule has 1 aromatic rings. The smallest absolute Gasteiger partial charge is 0.358 e. The van der Waals surface area contributed by atoms with Gasteiger partial charge in [-0.2, -0.15) is 0 Å². The van der Waals surface area contributed by atoms with Gasteiger partial charge >= 0.3 is 5.97 Å². The second-order valence-corrected chi connectivity index (χ2v) is 4.99. The molecule has 1 aromatic heterocycles. The van der Waals surface area contributed by atoms with Crippen LogP contribution in [0.15, 0.2) is 0 Å². The number of carboxylic acids is 1. The first-order chi connectivity index (χ1) is 8.16. The molecule has 0 aromatic carbocycles. The van der Waals surface area contributed by atoms with E-state index in [1.165, 1.54) is 0 Å². The third kappa shape index (κ3) is 2.04. The van der Waals surface area contributed by atoms with Crippen molar-refractivity contribution in [3.63, 3.8) is 0 Å². The van der Waals surface area contributed by atoms with Crippen LogP contribution in [0.25, 0.3) is 0 Å². The van der Waals surface area contributed by atoms with Crippen molar-refractivity contribution in [1.29, 1.82) is 0 Å². The van der Waals surface area contributed by atoms with Crippen LogP contribution in [0.5, 0.6) is 0 Å². The van der Waals surface area contributed by atoms with Crippen molar-refractivity contribution in [3.05, 3.63) is 11.4 Å². The molecular formula is C11H15N3O3. The van der Waals surface area contributed by atoms with Gasteiger partial charge in [0.1, 0.15) is 0 Å². The van der Waals surface area contributed by atoms with Crippen LogP contribution < -0.4 is 0 Å². The number of rotatable bonds is 5. The summed E-state index contributed by atoms with van der Waals surface area (Å²) in [6.07, 6.45) is 3.68. The molecule has 0 saturated heterocycles. The quantitative estimate of drug-likeness (QED) is 0.784. The molecular weight excluding hydrogens is 222 g/mol. The van der Waals surface area contributed by atoms with E-state index in [0.29, 0.717) is 18.2 Å². The lowest BCUT2D eigenvalue weighted by Gasteiger charge is -2.11. The van der Waals surface area contributed by atoms with Crippen molar-refractivity contribution in [2.45, 2.75) is 44.2 Å². The zero-order valence-corrected chi connectivity index (χ0v) is 9.41. The summed E-state index contributed by atoms with van der Waals surface area (Å²) in [6.45, 7) is 0.372. The van der Waals surface area contributed by atoms with Crippen LogP contribution in [0.3, 0.4) is 0 Å². The van der Waals surface area contributed by atoms with Gasteiger partial charge in [-0.1, -0.05) is 5.21 Å². The predicted octanol–water partition coefficient (Wildman–Crippen LogP) is 0.625. The molecule has 92 valence electrons. The molecule has 2 aliphatic carbocycles. The van der Waals surface area contributed by atoms with E-state index < -0.39 is 12.1 Å². The average Bonchev–Trinajstić information content (AvgIpc) is 3.16. The highest BCUT2D eigenvalue weighted by Gasteiger charge is 2.36. The Hall–Kier alpha value is -1.43. The lowest BCUT2D eigenvalue weighted by molar-refractivity contribution is 0.0688. The highest BCUT2D eigenvalue weighted by atomic mass is 16.4. The predicted molar refractivity (Wildman–Crippen MR) is 57.7 cm³/mol. The molecule has 0 amide bonds. The topological polar surface area (TPSA) is 88.2 Å². The monoisotopic (exact) mass is 237 g/mol. The number of hydrogen-bond acceptors (Lipinski definition) is 4. The first kappa shape index (κ1) is 10.7. The van der Waals surface area contributed by atoms with Gasteiger partial charge in [0.2, 0.25) is 0 Å². The SMILES string of the molecule is O=C(O)c1nnn(CC(O)C2CC2)c1C1CC1. The van der Waals surface area contributed by atoms with Crippen LogP contribution in [-0.4, -0.2) is 37.3 Å². The normalized spacial score (nSPS) is 21.5. The third-order valence-electron chi connectivity index (χ3n) is 3.47. The van der Waals surface area contributed by atoms with Gasteiger partial charge in [0, 0.05) is 5.92 Å². The van der Waals surface area contributed by atoms with Gasteiger partial charge in [-0.05, 0) is 31.6 Å². The van der Waals surface area contributed by atoms with E-state index in [1.54, 1.807) is 4.68 Å². The van der Waals surface area contributed by atoms with Gasteiger partial charge < -0.3 is 10.2 Å². The van der Waals surface area contributed by atoms with E-state index in [4.69, 9.17) is 5.11 Å². The fourth-order valence-electron chi connectivity index (χ4n) is 2.18. The fourth-order valence-corrected chi connectivity index (χ4v) is 2.18. The van der Waals surface area contributed by atoms with Crippen molar-refractivity contribution in [1.82, 2.24) is 15.0 Å². The van der Waals surface area contributed by atoms with E-state index in [-0.39, 0.29) is 11.6 Å². The molecule has 0 bridgehead atoms. The summed E-state index contributed by atoms with van der Waals surface area (Å²) < 4.78 is 1.59. The minimum absolute atomic E-state index is 0.0514. The Balaban J connectivity index is 1.84. The van der Waals surface area contributed by atoms with E-state index in [2.05, 4.69) is 10.3 Å². The standard InChI is InChI=1S/C11H15N3O3/c15-8(6-1-2-6)5-14-10(7-3-4-7)9(11(16)17)12-13-14/h6-8,15H,1-5H2,(H,16,17). The number of aliphatic hydroxyl groups excluding tert-OH is 1. The van der Waals surface area contributed by atoms with Gasteiger partial charge in [-0.15, -0.1) is 5.10 Å².